The van der Waals surface area contributed by atoms with Crippen molar-refractivity contribution in [2.75, 3.05) is 26.8 Å². The van der Waals surface area contributed by atoms with Crippen LogP contribution in [0.3, 0.4) is 0 Å². The molecule has 2 amide bonds. The van der Waals surface area contributed by atoms with Crippen LogP contribution in [0.15, 0.2) is 36.4 Å². The van der Waals surface area contributed by atoms with Crippen molar-refractivity contribution in [1.29, 1.82) is 0 Å². The first-order valence-corrected chi connectivity index (χ1v) is 10.4. The number of carbonyl (C=O) groups is 2. The van der Waals surface area contributed by atoms with Crippen LogP contribution in [0, 0.1) is 0 Å². The molecule has 1 heterocycles. The zero-order chi connectivity index (χ0) is 21.9. The van der Waals surface area contributed by atoms with Crippen molar-refractivity contribution >= 4 is 11.8 Å². The molecule has 0 aliphatic rings. The molecule has 1 aromatic heterocycles. The fourth-order valence-corrected chi connectivity index (χ4v) is 3.12. The summed E-state index contributed by atoms with van der Waals surface area (Å²) in [6, 6.07) is 11.1. The molecule has 1 aromatic carbocycles. The third-order valence-electron chi connectivity index (χ3n) is 4.68. The van der Waals surface area contributed by atoms with Gasteiger partial charge in [0.15, 0.2) is 12.0 Å². The summed E-state index contributed by atoms with van der Waals surface area (Å²) in [4.78, 5) is 24.9. The predicted octanol–water partition coefficient (Wildman–Crippen LogP) is 2.76. The molecule has 8 nitrogen and oxygen atoms in total. The van der Waals surface area contributed by atoms with Gasteiger partial charge in [-0.15, -0.1) is 0 Å². The Kier molecular flexibility index (Phi) is 9.50. The minimum absolute atomic E-state index is 0.203. The molecule has 30 heavy (non-hydrogen) atoms. The largest absolute Gasteiger partial charge is 0.354 e. The van der Waals surface area contributed by atoms with Crippen molar-refractivity contribution in [2.45, 2.75) is 45.9 Å². The number of hydrogen-bond acceptors (Lipinski definition) is 5. The second-order valence-electron chi connectivity index (χ2n) is 6.76. The van der Waals surface area contributed by atoms with Crippen molar-refractivity contribution in [3.05, 3.63) is 53.3 Å². The van der Waals surface area contributed by atoms with Gasteiger partial charge in [0.1, 0.15) is 5.69 Å². The highest BCUT2D eigenvalue weighted by atomic mass is 16.7. The van der Waals surface area contributed by atoms with Crippen LogP contribution in [-0.2, 0) is 9.47 Å². The Balaban J connectivity index is 2.09. The third-order valence-corrected chi connectivity index (χ3v) is 4.68. The molecule has 0 bridgehead atoms. The number of aromatic nitrogens is 2. The minimum Gasteiger partial charge on any atom is -0.354 e. The van der Waals surface area contributed by atoms with Crippen LogP contribution in [0.1, 0.15) is 66.2 Å². The topological polar surface area (TPSA) is 94.5 Å². The van der Waals surface area contributed by atoms with Gasteiger partial charge in [-0.1, -0.05) is 30.3 Å². The van der Waals surface area contributed by atoms with E-state index in [4.69, 9.17) is 9.47 Å². The molecule has 0 saturated heterocycles. The number of hydrogen-bond donors (Lipinski definition) is 2. The lowest BCUT2D eigenvalue weighted by Crippen LogP contribution is -2.29. The van der Waals surface area contributed by atoms with Gasteiger partial charge in [-0.2, -0.15) is 5.10 Å². The van der Waals surface area contributed by atoms with Gasteiger partial charge in [0.25, 0.3) is 11.8 Å². The molecule has 2 rings (SSSR count). The standard InChI is InChI=1S/C22H32N4O4/c1-5-29-20(30-6-2)13-10-14-24-22(28)19-15-18(21(27)23-4)25-26(19)16(3)17-11-8-7-9-12-17/h7-9,11-12,15-16,20H,5-6,10,13-14H2,1-4H3,(H,23,27)(H,24,28). The van der Waals surface area contributed by atoms with Gasteiger partial charge in [-0.05, 0) is 32.8 Å². The normalized spacial score (nSPS) is 12.0. The number of amides is 2. The lowest BCUT2D eigenvalue weighted by Gasteiger charge is -2.17. The predicted molar refractivity (Wildman–Crippen MR) is 114 cm³/mol. The Morgan fingerprint density at radius 3 is 2.37 bits per heavy atom. The Hall–Kier alpha value is -2.71. The number of benzene rings is 1. The Bertz CT molecular complexity index is 801. The molecular formula is C22H32N4O4. The zero-order valence-corrected chi connectivity index (χ0v) is 18.2. The molecule has 1 unspecified atom stereocenters. The lowest BCUT2D eigenvalue weighted by molar-refractivity contribution is -0.139. The van der Waals surface area contributed by atoms with Gasteiger partial charge in [-0.3, -0.25) is 14.3 Å². The highest BCUT2D eigenvalue weighted by molar-refractivity contribution is 5.97. The highest BCUT2D eigenvalue weighted by Gasteiger charge is 2.22. The first kappa shape index (κ1) is 23.6. The number of rotatable bonds is 12. The lowest BCUT2D eigenvalue weighted by atomic mass is 10.1. The molecule has 8 heteroatoms. The van der Waals surface area contributed by atoms with E-state index < -0.39 is 0 Å². The van der Waals surface area contributed by atoms with Gasteiger partial charge < -0.3 is 20.1 Å². The summed E-state index contributed by atoms with van der Waals surface area (Å²) >= 11 is 0. The fraction of sp³-hybridized carbons (Fsp3) is 0.500. The summed E-state index contributed by atoms with van der Waals surface area (Å²) in [6.45, 7) is 7.42. The Morgan fingerprint density at radius 2 is 1.77 bits per heavy atom. The maximum absolute atomic E-state index is 12.9. The first-order valence-electron chi connectivity index (χ1n) is 10.4. The van der Waals surface area contributed by atoms with Gasteiger partial charge in [0.2, 0.25) is 0 Å². The van der Waals surface area contributed by atoms with E-state index in [-0.39, 0.29) is 29.8 Å². The van der Waals surface area contributed by atoms with Crippen molar-refractivity contribution in [1.82, 2.24) is 20.4 Å². The molecular weight excluding hydrogens is 384 g/mol. The van der Waals surface area contributed by atoms with Crippen molar-refractivity contribution in [3.8, 4) is 0 Å². The van der Waals surface area contributed by atoms with Gasteiger partial charge in [0, 0.05) is 39.3 Å². The van der Waals surface area contributed by atoms with E-state index in [9.17, 15) is 9.59 Å². The quantitative estimate of drug-likeness (QED) is 0.410. The summed E-state index contributed by atoms with van der Waals surface area (Å²) in [6.07, 6.45) is 1.13. The summed E-state index contributed by atoms with van der Waals surface area (Å²) in [7, 11) is 1.54. The van der Waals surface area contributed by atoms with Crippen molar-refractivity contribution < 1.29 is 19.1 Å². The van der Waals surface area contributed by atoms with E-state index in [0.29, 0.717) is 38.3 Å². The summed E-state index contributed by atoms with van der Waals surface area (Å²) in [5.74, 6) is -0.607. The van der Waals surface area contributed by atoms with Gasteiger partial charge >= 0.3 is 0 Å². The smallest absolute Gasteiger partial charge is 0.271 e. The molecule has 0 aliphatic carbocycles. The number of ether oxygens (including phenoxy) is 2. The average Bonchev–Trinajstić information content (AvgIpc) is 3.22. The van der Waals surface area contributed by atoms with E-state index in [2.05, 4.69) is 15.7 Å². The van der Waals surface area contributed by atoms with Gasteiger partial charge in [0.05, 0.1) is 6.04 Å². The van der Waals surface area contributed by atoms with Crippen LogP contribution < -0.4 is 10.6 Å². The monoisotopic (exact) mass is 416 g/mol. The summed E-state index contributed by atoms with van der Waals surface area (Å²) in [5.41, 5.74) is 1.55. The molecule has 0 fully saturated rings. The van der Waals surface area contributed by atoms with E-state index >= 15 is 0 Å². The van der Waals surface area contributed by atoms with Crippen LogP contribution in [0.2, 0.25) is 0 Å². The Morgan fingerprint density at radius 1 is 1.10 bits per heavy atom. The average molecular weight is 417 g/mol. The van der Waals surface area contributed by atoms with Crippen molar-refractivity contribution in [3.63, 3.8) is 0 Å². The number of nitrogens with zero attached hydrogens (tertiary/aromatic N) is 2. The first-order chi connectivity index (χ1) is 14.5. The molecule has 0 saturated carbocycles. The number of carbonyl (C=O) groups excluding carboxylic acids is 2. The Labute approximate surface area is 177 Å². The molecule has 164 valence electrons. The zero-order valence-electron chi connectivity index (χ0n) is 18.2. The van der Waals surface area contributed by atoms with Crippen LogP contribution in [-0.4, -0.2) is 54.7 Å². The van der Waals surface area contributed by atoms with Crippen LogP contribution in [0.25, 0.3) is 0 Å². The maximum atomic E-state index is 12.9. The second kappa shape index (κ2) is 12.1. The second-order valence-corrected chi connectivity index (χ2v) is 6.76. The molecule has 0 aliphatic heterocycles. The van der Waals surface area contributed by atoms with Crippen molar-refractivity contribution in [2.24, 2.45) is 0 Å². The third kappa shape index (κ3) is 6.40. The van der Waals surface area contributed by atoms with Crippen LogP contribution >= 0.6 is 0 Å². The van der Waals surface area contributed by atoms with E-state index in [1.54, 1.807) is 4.68 Å². The summed E-state index contributed by atoms with van der Waals surface area (Å²) < 4.78 is 12.6. The molecule has 0 spiro atoms. The molecule has 2 aromatic rings. The SMILES string of the molecule is CCOC(CCCNC(=O)c1cc(C(=O)NC)nn1C(C)c1ccccc1)OCC. The molecule has 1 atom stereocenters. The maximum Gasteiger partial charge on any atom is 0.271 e. The summed E-state index contributed by atoms with van der Waals surface area (Å²) in [5, 5.41) is 9.85. The van der Waals surface area contributed by atoms with Gasteiger partial charge in [-0.25, -0.2) is 0 Å². The minimum atomic E-state index is -0.334. The molecule has 2 N–H and O–H groups in total. The van der Waals surface area contributed by atoms with E-state index in [0.717, 1.165) is 5.56 Å². The van der Waals surface area contributed by atoms with E-state index in [1.807, 2.05) is 51.1 Å². The van der Waals surface area contributed by atoms with Crippen LogP contribution in [0.4, 0.5) is 0 Å². The van der Waals surface area contributed by atoms with Crippen LogP contribution in [0.5, 0.6) is 0 Å². The molecule has 0 radical (unpaired) electrons. The highest BCUT2D eigenvalue weighted by Crippen LogP contribution is 2.20. The van der Waals surface area contributed by atoms with E-state index in [1.165, 1.54) is 13.1 Å². The fourth-order valence-electron chi connectivity index (χ4n) is 3.12. The number of nitrogens with one attached hydrogen (secondary N) is 2.